The van der Waals surface area contributed by atoms with E-state index in [-0.39, 0.29) is 18.3 Å². The van der Waals surface area contributed by atoms with Crippen LogP contribution >= 0.6 is 0 Å². The van der Waals surface area contributed by atoms with Crippen molar-refractivity contribution in [3.05, 3.63) is 72.8 Å². The molecule has 2 aromatic carbocycles. The third-order valence-corrected chi connectivity index (χ3v) is 4.63. The monoisotopic (exact) mass is 349 g/mol. The first-order chi connectivity index (χ1) is 12.7. The Bertz CT molecular complexity index is 1060. The number of benzene rings is 2. The number of aromatic nitrogens is 2. The van der Waals surface area contributed by atoms with Crippen molar-refractivity contribution in [2.45, 2.75) is 19.5 Å². The molecule has 0 aliphatic carbocycles. The normalized spacial score (nSPS) is 11.3. The summed E-state index contributed by atoms with van der Waals surface area (Å²) in [6.07, 6.45) is 4.74. The fraction of sp³-hybridized carbons (Fsp3) is 0.190. The highest BCUT2D eigenvalue weighted by atomic mass is 19.1. The van der Waals surface area contributed by atoms with E-state index in [0.717, 1.165) is 23.9 Å². The van der Waals surface area contributed by atoms with Gasteiger partial charge in [-0.25, -0.2) is 4.39 Å². The standard InChI is InChI=1S/C21H20FN3O/c22-18-7-6-17-9-13-25(20(17)14-18)15-21(26)23-10-3-11-24-12-8-16-4-1-2-5-19(16)24/h1-2,4-9,12-14H,3,10-11,15H2,(H,23,26). The number of aryl methyl sites for hydroxylation is 1. The van der Waals surface area contributed by atoms with E-state index in [9.17, 15) is 9.18 Å². The van der Waals surface area contributed by atoms with Gasteiger partial charge in [0.1, 0.15) is 12.4 Å². The van der Waals surface area contributed by atoms with Gasteiger partial charge in [-0.2, -0.15) is 0 Å². The summed E-state index contributed by atoms with van der Waals surface area (Å²) in [5.41, 5.74) is 1.94. The Morgan fingerprint density at radius 2 is 1.69 bits per heavy atom. The molecule has 1 N–H and O–H groups in total. The smallest absolute Gasteiger partial charge is 0.239 e. The van der Waals surface area contributed by atoms with Crippen LogP contribution in [0, 0.1) is 5.82 Å². The lowest BCUT2D eigenvalue weighted by Crippen LogP contribution is -2.28. The molecule has 0 saturated heterocycles. The second-order valence-corrected chi connectivity index (χ2v) is 6.42. The number of hydrogen-bond donors (Lipinski definition) is 1. The average molecular weight is 349 g/mol. The summed E-state index contributed by atoms with van der Waals surface area (Å²) in [7, 11) is 0. The molecule has 0 atom stereocenters. The first-order valence-corrected chi connectivity index (χ1v) is 8.76. The third-order valence-electron chi connectivity index (χ3n) is 4.63. The highest BCUT2D eigenvalue weighted by Crippen LogP contribution is 2.17. The van der Waals surface area contributed by atoms with Crippen LogP contribution in [0.15, 0.2) is 67.0 Å². The van der Waals surface area contributed by atoms with Crippen molar-refractivity contribution in [3.8, 4) is 0 Å². The number of rotatable bonds is 6. The number of carbonyl (C=O) groups is 1. The zero-order valence-corrected chi connectivity index (χ0v) is 14.4. The first-order valence-electron chi connectivity index (χ1n) is 8.76. The Morgan fingerprint density at radius 1 is 0.923 bits per heavy atom. The highest BCUT2D eigenvalue weighted by Gasteiger charge is 2.07. The molecule has 0 saturated carbocycles. The van der Waals surface area contributed by atoms with Gasteiger partial charge >= 0.3 is 0 Å². The number of hydrogen-bond acceptors (Lipinski definition) is 1. The molecule has 26 heavy (non-hydrogen) atoms. The van der Waals surface area contributed by atoms with Gasteiger partial charge in [0.2, 0.25) is 5.91 Å². The van der Waals surface area contributed by atoms with Gasteiger partial charge in [0.25, 0.3) is 0 Å². The summed E-state index contributed by atoms with van der Waals surface area (Å²) in [6.45, 7) is 1.66. The molecule has 0 fully saturated rings. The van der Waals surface area contributed by atoms with E-state index in [4.69, 9.17) is 0 Å². The second-order valence-electron chi connectivity index (χ2n) is 6.42. The number of para-hydroxylation sites is 1. The topological polar surface area (TPSA) is 39.0 Å². The average Bonchev–Trinajstić information content (AvgIpc) is 3.23. The van der Waals surface area contributed by atoms with Gasteiger partial charge in [-0.05, 0) is 53.6 Å². The zero-order valence-electron chi connectivity index (χ0n) is 14.4. The van der Waals surface area contributed by atoms with Crippen molar-refractivity contribution in [3.63, 3.8) is 0 Å². The Balaban J connectivity index is 1.30. The van der Waals surface area contributed by atoms with E-state index >= 15 is 0 Å². The van der Waals surface area contributed by atoms with E-state index in [1.165, 1.54) is 23.0 Å². The van der Waals surface area contributed by atoms with Crippen LogP contribution in [0.1, 0.15) is 6.42 Å². The van der Waals surface area contributed by atoms with Gasteiger partial charge in [0.15, 0.2) is 0 Å². The van der Waals surface area contributed by atoms with Crippen LogP contribution in [-0.2, 0) is 17.9 Å². The van der Waals surface area contributed by atoms with Gasteiger partial charge in [-0.1, -0.05) is 18.2 Å². The number of nitrogens with zero attached hydrogens (tertiary/aromatic N) is 2. The van der Waals surface area contributed by atoms with E-state index in [0.29, 0.717) is 6.54 Å². The molecule has 0 unspecified atom stereocenters. The van der Waals surface area contributed by atoms with E-state index in [2.05, 4.69) is 34.3 Å². The van der Waals surface area contributed by atoms with Crippen LogP contribution in [0.25, 0.3) is 21.8 Å². The van der Waals surface area contributed by atoms with Crippen LogP contribution < -0.4 is 5.32 Å². The van der Waals surface area contributed by atoms with Crippen LogP contribution in [0.4, 0.5) is 4.39 Å². The quantitative estimate of drug-likeness (QED) is 0.526. The minimum absolute atomic E-state index is 0.0656. The molecule has 4 aromatic rings. The maximum Gasteiger partial charge on any atom is 0.239 e. The molecule has 1 amide bonds. The number of nitrogens with one attached hydrogen (secondary N) is 1. The van der Waals surface area contributed by atoms with E-state index in [1.54, 1.807) is 10.6 Å². The maximum atomic E-state index is 13.4. The number of fused-ring (bicyclic) bond motifs is 2. The van der Waals surface area contributed by atoms with Crippen molar-refractivity contribution in [1.29, 1.82) is 0 Å². The van der Waals surface area contributed by atoms with Crippen LogP contribution in [-0.4, -0.2) is 21.6 Å². The molecule has 4 rings (SSSR count). The summed E-state index contributed by atoms with van der Waals surface area (Å²) < 4.78 is 17.4. The summed E-state index contributed by atoms with van der Waals surface area (Å²) in [5.74, 6) is -0.360. The number of halogens is 1. The number of carbonyl (C=O) groups excluding carboxylic acids is 1. The lowest BCUT2D eigenvalue weighted by atomic mass is 10.2. The number of amides is 1. The van der Waals surface area contributed by atoms with E-state index in [1.807, 2.05) is 24.4 Å². The lowest BCUT2D eigenvalue weighted by molar-refractivity contribution is -0.121. The summed E-state index contributed by atoms with van der Waals surface area (Å²) in [6, 6.07) is 16.9. The molecule has 0 radical (unpaired) electrons. The van der Waals surface area contributed by atoms with Crippen molar-refractivity contribution in [1.82, 2.24) is 14.5 Å². The minimum Gasteiger partial charge on any atom is -0.354 e. The first kappa shape index (κ1) is 16.4. The molecule has 132 valence electrons. The Labute approximate surface area is 150 Å². The van der Waals surface area contributed by atoms with Crippen molar-refractivity contribution in [2.24, 2.45) is 0 Å². The van der Waals surface area contributed by atoms with Gasteiger partial charge < -0.3 is 14.5 Å². The lowest BCUT2D eigenvalue weighted by Gasteiger charge is -2.09. The molecule has 0 bridgehead atoms. The molecular formula is C21H20FN3O. The van der Waals surface area contributed by atoms with Gasteiger partial charge in [-0.15, -0.1) is 0 Å². The highest BCUT2D eigenvalue weighted by molar-refractivity contribution is 5.83. The predicted octanol–water partition coefficient (Wildman–Crippen LogP) is 3.94. The summed E-state index contributed by atoms with van der Waals surface area (Å²) in [4.78, 5) is 12.2. The maximum absolute atomic E-state index is 13.4. The summed E-state index contributed by atoms with van der Waals surface area (Å²) >= 11 is 0. The second kappa shape index (κ2) is 7.04. The molecule has 5 heteroatoms. The molecule has 0 aliphatic rings. The molecule has 2 heterocycles. The Morgan fingerprint density at radius 3 is 2.58 bits per heavy atom. The Kier molecular flexibility index (Phi) is 4.44. The van der Waals surface area contributed by atoms with Crippen molar-refractivity contribution < 1.29 is 9.18 Å². The van der Waals surface area contributed by atoms with Crippen LogP contribution in [0.2, 0.25) is 0 Å². The Hall–Kier alpha value is -3.08. The molecule has 4 nitrogen and oxygen atoms in total. The van der Waals surface area contributed by atoms with Crippen molar-refractivity contribution in [2.75, 3.05) is 6.54 Å². The minimum atomic E-state index is -0.295. The van der Waals surface area contributed by atoms with E-state index < -0.39 is 0 Å². The van der Waals surface area contributed by atoms with Crippen LogP contribution in [0.5, 0.6) is 0 Å². The van der Waals surface area contributed by atoms with Gasteiger partial charge in [0, 0.05) is 31.0 Å². The molecule has 0 aliphatic heterocycles. The SMILES string of the molecule is O=C(Cn1ccc2ccc(F)cc21)NCCCn1ccc2ccccc21. The molecule has 0 spiro atoms. The zero-order chi connectivity index (χ0) is 17.9. The summed E-state index contributed by atoms with van der Waals surface area (Å²) in [5, 5.41) is 5.10. The molecule has 2 aromatic heterocycles. The largest absolute Gasteiger partial charge is 0.354 e. The predicted molar refractivity (Wildman–Crippen MR) is 101 cm³/mol. The fourth-order valence-electron chi connectivity index (χ4n) is 3.32. The molecular weight excluding hydrogens is 329 g/mol. The van der Waals surface area contributed by atoms with Crippen molar-refractivity contribution >= 4 is 27.7 Å². The van der Waals surface area contributed by atoms with Gasteiger partial charge in [-0.3, -0.25) is 4.79 Å². The van der Waals surface area contributed by atoms with Crippen LogP contribution in [0.3, 0.4) is 0 Å². The van der Waals surface area contributed by atoms with Gasteiger partial charge in [0.05, 0.1) is 5.52 Å². The fourth-order valence-corrected chi connectivity index (χ4v) is 3.32. The third kappa shape index (κ3) is 3.33.